The van der Waals surface area contributed by atoms with Gasteiger partial charge in [-0.2, -0.15) is 4.98 Å². The Morgan fingerprint density at radius 2 is 2.23 bits per heavy atom. The molecule has 0 aliphatic heterocycles. The molecule has 0 amide bonds. The molecule has 0 spiro atoms. The number of nitrogens with two attached hydrogens (primary N) is 2. The Morgan fingerprint density at radius 3 is 2.69 bits per heavy atom. The van der Waals surface area contributed by atoms with Gasteiger partial charge in [-0.25, -0.2) is 0 Å². The zero-order valence-corrected chi connectivity index (χ0v) is 7.82. The lowest BCUT2D eigenvalue weighted by Gasteiger charge is -2.06. The van der Waals surface area contributed by atoms with Crippen LogP contribution in [0.1, 0.15) is 25.1 Å². The molecule has 1 fully saturated rings. The molecule has 0 atom stereocenters. The Kier molecular flexibility index (Phi) is 1.76. The second-order valence-corrected chi connectivity index (χ2v) is 3.87. The van der Waals surface area contributed by atoms with Crippen LogP contribution in [0.5, 0.6) is 0 Å². The van der Waals surface area contributed by atoms with Gasteiger partial charge in [0.1, 0.15) is 5.82 Å². The highest BCUT2D eigenvalue weighted by Gasteiger charge is 2.37. The quantitative estimate of drug-likeness (QED) is 0.677. The SMILES string of the molecule is Cn1nc(N)nc1CCC1(N)CC1. The summed E-state index contributed by atoms with van der Waals surface area (Å²) >= 11 is 0. The molecular weight excluding hydrogens is 166 g/mol. The molecule has 1 aromatic rings. The summed E-state index contributed by atoms with van der Waals surface area (Å²) in [4.78, 5) is 4.12. The summed E-state index contributed by atoms with van der Waals surface area (Å²) in [6.07, 6.45) is 4.14. The van der Waals surface area contributed by atoms with E-state index >= 15 is 0 Å². The third kappa shape index (κ3) is 1.80. The van der Waals surface area contributed by atoms with Crippen molar-refractivity contribution in [2.45, 2.75) is 31.2 Å². The summed E-state index contributed by atoms with van der Waals surface area (Å²) in [7, 11) is 1.86. The molecule has 1 heterocycles. The van der Waals surface area contributed by atoms with Crippen molar-refractivity contribution in [3.05, 3.63) is 5.82 Å². The molecule has 13 heavy (non-hydrogen) atoms. The molecule has 5 heteroatoms. The van der Waals surface area contributed by atoms with E-state index in [1.165, 1.54) is 0 Å². The van der Waals surface area contributed by atoms with Crippen LogP contribution in [0.15, 0.2) is 0 Å². The van der Waals surface area contributed by atoms with E-state index in [0.717, 1.165) is 31.5 Å². The highest BCUT2D eigenvalue weighted by molar-refractivity contribution is 5.14. The van der Waals surface area contributed by atoms with Gasteiger partial charge in [0.15, 0.2) is 0 Å². The fourth-order valence-corrected chi connectivity index (χ4v) is 1.43. The summed E-state index contributed by atoms with van der Waals surface area (Å²) < 4.78 is 1.72. The maximum Gasteiger partial charge on any atom is 0.239 e. The molecule has 2 rings (SSSR count). The van der Waals surface area contributed by atoms with E-state index in [9.17, 15) is 0 Å². The molecule has 1 aliphatic rings. The highest BCUT2D eigenvalue weighted by atomic mass is 15.4. The number of nitrogen functional groups attached to an aromatic ring is 1. The first-order valence-electron chi connectivity index (χ1n) is 4.53. The van der Waals surface area contributed by atoms with Crippen LogP contribution in [-0.4, -0.2) is 20.3 Å². The van der Waals surface area contributed by atoms with Crippen molar-refractivity contribution in [1.82, 2.24) is 14.8 Å². The number of aryl methyl sites for hydroxylation is 2. The largest absolute Gasteiger partial charge is 0.366 e. The van der Waals surface area contributed by atoms with Crippen molar-refractivity contribution < 1.29 is 0 Å². The molecule has 0 saturated heterocycles. The second-order valence-electron chi connectivity index (χ2n) is 3.87. The zero-order chi connectivity index (χ0) is 9.47. The lowest BCUT2D eigenvalue weighted by atomic mass is 10.1. The number of nitrogens with zero attached hydrogens (tertiary/aromatic N) is 3. The maximum atomic E-state index is 5.96. The minimum absolute atomic E-state index is 0.0840. The summed E-state index contributed by atoms with van der Waals surface area (Å²) in [6, 6.07) is 0. The molecule has 5 nitrogen and oxygen atoms in total. The van der Waals surface area contributed by atoms with Crippen LogP contribution in [0.25, 0.3) is 0 Å². The molecule has 0 aromatic carbocycles. The maximum absolute atomic E-state index is 5.96. The molecule has 1 saturated carbocycles. The number of rotatable bonds is 3. The zero-order valence-electron chi connectivity index (χ0n) is 7.82. The van der Waals surface area contributed by atoms with Gasteiger partial charge in [0.05, 0.1) is 0 Å². The van der Waals surface area contributed by atoms with E-state index in [2.05, 4.69) is 10.1 Å². The topological polar surface area (TPSA) is 82.8 Å². The number of hydrogen-bond acceptors (Lipinski definition) is 4. The number of aromatic nitrogens is 3. The molecule has 0 radical (unpaired) electrons. The van der Waals surface area contributed by atoms with E-state index in [0.29, 0.717) is 5.95 Å². The minimum atomic E-state index is 0.0840. The molecule has 1 aliphatic carbocycles. The van der Waals surface area contributed by atoms with Crippen molar-refractivity contribution in [3.8, 4) is 0 Å². The third-order valence-electron chi connectivity index (χ3n) is 2.61. The van der Waals surface area contributed by atoms with Gasteiger partial charge >= 0.3 is 0 Å². The standard InChI is InChI=1S/C8H15N5/c1-13-6(11-7(9)12-13)2-3-8(10)4-5-8/h2-5,10H2,1H3,(H2,9,12). The smallest absolute Gasteiger partial charge is 0.239 e. The Balaban J connectivity index is 1.97. The van der Waals surface area contributed by atoms with Crippen molar-refractivity contribution in [2.75, 3.05) is 5.73 Å². The fourth-order valence-electron chi connectivity index (χ4n) is 1.43. The Bertz CT molecular complexity index is 312. The van der Waals surface area contributed by atoms with Crippen LogP contribution in [0.4, 0.5) is 5.95 Å². The van der Waals surface area contributed by atoms with Gasteiger partial charge in [-0.05, 0) is 19.3 Å². The summed E-state index contributed by atoms with van der Waals surface area (Å²) in [5.41, 5.74) is 11.5. The molecule has 1 aromatic heterocycles. The van der Waals surface area contributed by atoms with Gasteiger partial charge in [-0.15, -0.1) is 5.10 Å². The average Bonchev–Trinajstić information content (AvgIpc) is 2.69. The van der Waals surface area contributed by atoms with E-state index in [-0.39, 0.29) is 5.54 Å². The second kappa shape index (κ2) is 2.70. The molecular formula is C8H15N5. The Labute approximate surface area is 77.1 Å². The normalized spacial score (nSPS) is 18.9. The van der Waals surface area contributed by atoms with Crippen LogP contribution in [0.3, 0.4) is 0 Å². The van der Waals surface area contributed by atoms with Gasteiger partial charge in [0.25, 0.3) is 0 Å². The fraction of sp³-hybridized carbons (Fsp3) is 0.750. The predicted octanol–water partition coefficient (Wildman–Crippen LogP) is -0.179. The first-order valence-corrected chi connectivity index (χ1v) is 4.53. The predicted molar refractivity (Wildman–Crippen MR) is 49.9 cm³/mol. The number of anilines is 1. The van der Waals surface area contributed by atoms with Crippen LogP contribution in [0, 0.1) is 0 Å². The van der Waals surface area contributed by atoms with Gasteiger partial charge in [-0.3, -0.25) is 4.68 Å². The van der Waals surface area contributed by atoms with E-state index in [1.54, 1.807) is 4.68 Å². The summed E-state index contributed by atoms with van der Waals surface area (Å²) in [5, 5.41) is 3.97. The minimum Gasteiger partial charge on any atom is -0.366 e. The molecule has 0 unspecified atom stereocenters. The lowest BCUT2D eigenvalue weighted by molar-refractivity contribution is 0.576. The van der Waals surface area contributed by atoms with Gasteiger partial charge in [0, 0.05) is 19.0 Å². The van der Waals surface area contributed by atoms with Gasteiger partial charge in [0.2, 0.25) is 5.95 Å². The first-order chi connectivity index (χ1) is 6.09. The average molecular weight is 181 g/mol. The van der Waals surface area contributed by atoms with Crippen LogP contribution in [-0.2, 0) is 13.5 Å². The van der Waals surface area contributed by atoms with Crippen LogP contribution >= 0.6 is 0 Å². The van der Waals surface area contributed by atoms with Crippen LogP contribution < -0.4 is 11.5 Å². The van der Waals surface area contributed by atoms with Crippen molar-refractivity contribution in [1.29, 1.82) is 0 Å². The van der Waals surface area contributed by atoms with E-state index < -0.39 is 0 Å². The summed E-state index contributed by atoms with van der Waals surface area (Å²) in [5.74, 6) is 1.27. The van der Waals surface area contributed by atoms with Crippen molar-refractivity contribution in [2.24, 2.45) is 12.8 Å². The van der Waals surface area contributed by atoms with Gasteiger partial charge in [-0.1, -0.05) is 0 Å². The first kappa shape index (κ1) is 8.50. The van der Waals surface area contributed by atoms with Crippen molar-refractivity contribution >= 4 is 5.95 Å². The molecule has 0 bridgehead atoms. The molecule has 72 valence electrons. The highest BCUT2D eigenvalue weighted by Crippen LogP contribution is 2.36. The lowest BCUT2D eigenvalue weighted by Crippen LogP contribution is -2.22. The van der Waals surface area contributed by atoms with Crippen molar-refractivity contribution in [3.63, 3.8) is 0 Å². The van der Waals surface area contributed by atoms with E-state index in [1.807, 2.05) is 7.05 Å². The molecule has 4 N–H and O–H groups in total. The van der Waals surface area contributed by atoms with Gasteiger partial charge < -0.3 is 11.5 Å². The van der Waals surface area contributed by atoms with E-state index in [4.69, 9.17) is 11.5 Å². The third-order valence-corrected chi connectivity index (χ3v) is 2.61. The number of hydrogen-bond donors (Lipinski definition) is 2. The monoisotopic (exact) mass is 181 g/mol. The van der Waals surface area contributed by atoms with Crippen LogP contribution in [0.2, 0.25) is 0 Å². The summed E-state index contributed by atoms with van der Waals surface area (Å²) in [6.45, 7) is 0. The Hall–Kier alpha value is -1.10. The Morgan fingerprint density at radius 1 is 1.54 bits per heavy atom.